The number of rotatable bonds is 5. The first kappa shape index (κ1) is 14.4. The van der Waals surface area contributed by atoms with E-state index >= 15 is 0 Å². The van der Waals surface area contributed by atoms with Crippen molar-refractivity contribution < 1.29 is 19.6 Å². The van der Waals surface area contributed by atoms with Gasteiger partial charge in [0.25, 0.3) is 5.69 Å². The molecule has 7 heteroatoms. The number of nitrogens with one attached hydrogen (secondary N) is 1. The van der Waals surface area contributed by atoms with E-state index in [0.717, 1.165) is 6.08 Å². The van der Waals surface area contributed by atoms with Gasteiger partial charge in [-0.15, -0.1) is 0 Å². The number of aliphatic carboxylic acids is 1. The van der Waals surface area contributed by atoms with E-state index in [-0.39, 0.29) is 5.69 Å². The summed E-state index contributed by atoms with van der Waals surface area (Å²) >= 11 is 0. The van der Waals surface area contributed by atoms with Crippen LogP contribution in [0.25, 0.3) is 6.08 Å². The highest BCUT2D eigenvalue weighted by Gasteiger charge is 2.11. The van der Waals surface area contributed by atoms with Crippen LogP contribution in [-0.2, 0) is 9.59 Å². The van der Waals surface area contributed by atoms with Gasteiger partial charge in [0.15, 0.2) is 0 Å². The van der Waals surface area contributed by atoms with E-state index in [1.807, 2.05) is 0 Å². The highest BCUT2D eigenvalue weighted by Crippen LogP contribution is 2.13. The van der Waals surface area contributed by atoms with E-state index < -0.39 is 22.8 Å². The van der Waals surface area contributed by atoms with Crippen molar-refractivity contribution in [3.8, 4) is 0 Å². The van der Waals surface area contributed by atoms with Crippen LogP contribution in [0.2, 0.25) is 0 Å². The Kier molecular flexibility index (Phi) is 4.76. The number of hydrogen-bond acceptors (Lipinski definition) is 4. The second-order valence-corrected chi connectivity index (χ2v) is 3.75. The highest BCUT2D eigenvalue weighted by molar-refractivity contribution is 5.94. The molecule has 0 heterocycles. The zero-order chi connectivity index (χ0) is 14.4. The number of nitrogens with zero attached hydrogens (tertiary/aromatic N) is 1. The fourth-order valence-corrected chi connectivity index (χ4v) is 1.24. The van der Waals surface area contributed by atoms with Crippen molar-refractivity contribution in [3.05, 3.63) is 46.0 Å². The Morgan fingerprint density at radius 2 is 2.16 bits per heavy atom. The van der Waals surface area contributed by atoms with Gasteiger partial charge < -0.3 is 10.4 Å². The largest absolute Gasteiger partial charge is 0.480 e. The van der Waals surface area contributed by atoms with Crippen molar-refractivity contribution in [2.75, 3.05) is 0 Å². The van der Waals surface area contributed by atoms with Crippen LogP contribution in [0.4, 0.5) is 5.69 Å². The van der Waals surface area contributed by atoms with Crippen molar-refractivity contribution in [3.63, 3.8) is 0 Å². The maximum Gasteiger partial charge on any atom is 0.325 e. The average molecular weight is 264 g/mol. The summed E-state index contributed by atoms with van der Waals surface area (Å²) in [4.78, 5) is 31.9. The molecule has 1 atom stereocenters. The Labute approximate surface area is 108 Å². The van der Waals surface area contributed by atoms with Gasteiger partial charge in [-0.2, -0.15) is 0 Å². The second-order valence-electron chi connectivity index (χ2n) is 3.75. The number of carboxylic acid groups (broad SMARTS) is 1. The molecule has 7 nitrogen and oxygen atoms in total. The molecular weight excluding hydrogens is 252 g/mol. The Hall–Kier alpha value is -2.70. The summed E-state index contributed by atoms with van der Waals surface area (Å²) in [6.45, 7) is 1.33. The van der Waals surface area contributed by atoms with Gasteiger partial charge in [0.1, 0.15) is 6.04 Å². The first-order valence-corrected chi connectivity index (χ1v) is 5.36. The number of nitro groups is 1. The molecule has 0 spiro atoms. The summed E-state index contributed by atoms with van der Waals surface area (Å²) in [6, 6.07) is 4.74. The van der Waals surface area contributed by atoms with Crippen molar-refractivity contribution in [2.24, 2.45) is 0 Å². The van der Waals surface area contributed by atoms with Crippen LogP contribution >= 0.6 is 0 Å². The monoisotopic (exact) mass is 264 g/mol. The first-order chi connectivity index (χ1) is 8.90. The summed E-state index contributed by atoms with van der Waals surface area (Å²) in [6.07, 6.45) is 2.50. The third-order valence-corrected chi connectivity index (χ3v) is 2.24. The molecule has 0 aliphatic carbocycles. The quantitative estimate of drug-likeness (QED) is 0.471. The van der Waals surface area contributed by atoms with Crippen LogP contribution in [0.3, 0.4) is 0 Å². The number of carboxylic acids is 1. The maximum atomic E-state index is 11.4. The molecule has 0 bridgehead atoms. The Morgan fingerprint density at radius 3 is 2.74 bits per heavy atom. The van der Waals surface area contributed by atoms with Gasteiger partial charge in [-0.05, 0) is 18.6 Å². The van der Waals surface area contributed by atoms with Crippen LogP contribution in [0, 0.1) is 10.1 Å². The van der Waals surface area contributed by atoms with Gasteiger partial charge in [0.2, 0.25) is 5.91 Å². The molecule has 19 heavy (non-hydrogen) atoms. The molecule has 0 aromatic heterocycles. The number of benzene rings is 1. The van der Waals surface area contributed by atoms with Gasteiger partial charge in [0, 0.05) is 18.2 Å². The molecule has 1 aromatic rings. The van der Waals surface area contributed by atoms with E-state index in [0.29, 0.717) is 5.56 Å². The first-order valence-electron chi connectivity index (χ1n) is 5.36. The number of amides is 1. The summed E-state index contributed by atoms with van der Waals surface area (Å²) in [5, 5.41) is 21.4. The predicted molar refractivity (Wildman–Crippen MR) is 67.4 cm³/mol. The Bertz CT molecular complexity index is 539. The fourth-order valence-electron chi connectivity index (χ4n) is 1.24. The molecule has 1 amide bonds. The van der Waals surface area contributed by atoms with Crippen molar-refractivity contribution >= 4 is 23.6 Å². The van der Waals surface area contributed by atoms with Crippen molar-refractivity contribution in [1.82, 2.24) is 5.32 Å². The van der Waals surface area contributed by atoms with Crippen LogP contribution < -0.4 is 5.32 Å². The topological polar surface area (TPSA) is 110 Å². The van der Waals surface area contributed by atoms with Gasteiger partial charge >= 0.3 is 5.97 Å². The van der Waals surface area contributed by atoms with E-state index in [1.54, 1.807) is 6.07 Å². The lowest BCUT2D eigenvalue weighted by Gasteiger charge is -2.05. The molecule has 100 valence electrons. The lowest BCUT2D eigenvalue weighted by Crippen LogP contribution is -2.37. The molecule has 0 aliphatic heterocycles. The lowest BCUT2D eigenvalue weighted by molar-refractivity contribution is -0.384. The molecule has 1 aromatic carbocycles. The number of nitro benzene ring substituents is 1. The number of carbonyl (C=O) groups is 2. The van der Waals surface area contributed by atoms with E-state index in [1.165, 1.54) is 31.2 Å². The minimum atomic E-state index is -1.14. The Morgan fingerprint density at radius 1 is 1.47 bits per heavy atom. The third-order valence-electron chi connectivity index (χ3n) is 2.24. The molecule has 0 saturated heterocycles. The Balaban J connectivity index is 2.71. The molecule has 0 radical (unpaired) electrons. The molecule has 0 aliphatic rings. The minimum absolute atomic E-state index is 0.0820. The molecule has 1 rings (SSSR count). The van der Waals surface area contributed by atoms with Gasteiger partial charge in [-0.1, -0.05) is 12.1 Å². The summed E-state index contributed by atoms with van der Waals surface area (Å²) in [5.41, 5.74) is 0.397. The maximum absolute atomic E-state index is 11.4. The van der Waals surface area contributed by atoms with Crippen molar-refractivity contribution in [2.45, 2.75) is 13.0 Å². The number of non-ortho nitro benzene ring substituents is 1. The standard InChI is InChI=1S/C12H12N2O5/c1-8(12(16)17)13-11(15)6-5-9-3-2-4-10(7-9)14(18)19/h2-8H,1H3,(H,13,15)(H,16,17)/b6-5+/t8-/m0/s1. The van der Waals surface area contributed by atoms with E-state index in [9.17, 15) is 19.7 Å². The molecule has 0 saturated carbocycles. The fraction of sp³-hybridized carbons (Fsp3) is 0.167. The predicted octanol–water partition coefficient (Wildman–Crippen LogP) is 1.20. The zero-order valence-corrected chi connectivity index (χ0v) is 10.1. The molecular formula is C12H12N2O5. The summed E-state index contributed by atoms with van der Waals surface area (Å²) in [7, 11) is 0. The molecule has 0 unspecified atom stereocenters. The minimum Gasteiger partial charge on any atom is -0.480 e. The number of hydrogen-bond donors (Lipinski definition) is 2. The normalized spacial score (nSPS) is 12.1. The van der Waals surface area contributed by atoms with Gasteiger partial charge in [-0.3, -0.25) is 19.7 Å². The van der Waals surface area contributed by atoms with E-state index in [2.05, 4.69) is 5.32 Å². The van der Waals surface area contributed by atoms with Crippen molar-refractivity contribution in [1.29, 1.82) is 0 Å². The van der Waals surface area contributed by atoms with Gasteiger partial charge in [-0.25, -0.2) is 0 Å². The molecule has 2 N–H and O–H groups in total. The summed E-state index contributed by atoms with van der Waals surface area (Å²) < 4.78 is 0. The van der Waals surface area contributed by atoms with Crippen LogP contribution in [0.15, 0.2) is 30.3 Å². The highest BCUT2D eigenvalue weighted by atomic mass is 16.6. The smallest absolute Gasteiger partial charge is 0.325 e. The van der Waals surface area contributed by atoms with Crippen LogP contribution in [-0.4, -0.2) is 27.9 Å². The molecule has 0 fully saturated rings. The number of carbonyl (C=O) groups excluding carboxylic acids is 1. The van der Waals surface area contributed by atoms with Crippen LogP contribution in [0.1, 0.15) is 12.5 Å². The lowest BCUT2D eigenvalue weighted by atomic mass is 10.2. The second kappa shape index (κ2) is 6.29. The average Bonchev–Trinajstić information content (AvgIpc) is 2.36. The zero-order valence-electron chi connectivity index (χ0n) is 10.1. The van der Waals surface area contributed by atoms with Crippen LogP contribution in [0.5, 0.6) is 0 Å². The van der Waals surface area contributed by atoms with E-state index in [4.69, 9.17) is 5.11 Å². The third kappa shape index (κ3) is 4.58. The summed E-state index contributed by atoms with van der Waals surface area (Å²) in [5.74, 6) is -1.72. The SMILES string of the molecule is C[C@H](NC(=O)/C=C/c1cccc([N+](=O)[O-])c1)C(=O)O. The van der Waals surface area contributed by atoms with Gasteiger partial charge in [0.05, 0.1) is 4.92 Å².